The summed E-state index contributed by atoms with van der Waals surface area (Å²) >= 11 is 0. The van der Waals surface area contributed by atoms with Gasteiger partial charge in [0.15, 0.2) is 0 Å². The van der Waals surface area contributed by atoms with Crippen molar-refractivity contribution >= 4 is 18.0 Å². The molecule has 8 heteroatoms. The molecule has 0 unspecified atom stereocenters. The van der Waals surface area contributed by atoms with Crippen LogP contribution in [0.15, 0.2) is 45.9 Å². The van der Waals surface area contributed by atoms with E-state index < -0.39 is 16.6 Å². The molecular formula is C16H17N3O5. The number of ether oxygens (including phenoxy) is 1. The van der Waals surface area contributed by atoms with Crippen molar-refractivity contribution in [2.45, 2.75) is 26.4 Å². The van der Waals surface area contributed by atoms with Crippen LogP contribution in [0.2, 0.25) is 0 Å². The molecule has 0 atom stereocenters. The van der Waals surface area contributed by atoms with Crippen molar-refractivity contribution < 1.29 is 18.9 Å². The molecule has 2 rings (SSSR count). The minimum absolute atomic E-state index is 0.00801. The van der Waals surface area contributed by atoms with Crippen molar-refractivity contribution in [2.24, 2.45) is 5.10 Å². The van der Waals surface area contributed by atoms with Crippen LogP contribution in [0.1, 0.15) is 26.5 Å². The molecule has 0 radical (unpaired) electrons. The van der Waals surface area contributed by atoms with Crippen LogP contribution in [0.25, 0.3) is 11.3 Å². The maximum atomic E-state index is 11.4. The smallest absolute Gasteiger partial charge is 0.428 e. The highest BCUT2D eigenvalue weighted by molar-refractivity contribution is 5.79. The molecule has 2 aromatic rings. The lowest BCUT2D eigenvalue weighted by atomic mass is 10.1. The van der Waals surface area contributed by atoms with Crippen LogP contribution >= 0.6 is 0 Å². The van der Waals surface area contributed by atoms with Crippen LogP contribution < -0.4 is 5.43 Å². The Hall–Kier alpha value is -3.16. The highest BCUT2D eigenvalue weighted by atomic mass is 16.6. The molecule has 1 aromatic carbocycles. The Balaban J connectivity index is 1.99. The van der Waals surface area contributed by atoms with Gasteiger partial charge in [-0.25, -0.2) is 10.2 Å². The Labute approximate surface area is 138 Å². The van der Waals surface area contributed by atoms with E-state index in [1.54, 1.807) is 45.0 Å². The number of hydrogen-bond acceptors (Lipinski definition) is 6. The van der Waals surface area contributed by atoms with Gasteiger partial charge in [-0.2, -0.15) is 5.10 Å². The third-order valence-electron chi connectivity index (χ3n) is 2.74. The van der Waals surface area contributed by atoms with Gasteiger partial charge in [0, 0.05) is 17.7 Å². The minimum atomic E-state index is -0.666. The molecule has 0 aliphatic heterocycles. The number of nitro groups is 1. The zero-order valence-electron chi connectivity index (χ0n) is 13.5. The number of non-ortho nitro benzene ring substituents is 1. The molecule has 8 nitrogen and oxygen atoms in total. The summed E-state index contributed by atoms with van der Waals surface area (Å²) < 4.78 is 10.6. The third kappa shape index (κ3) is 4.94. The molecule has 126 valence electrons. The molecular weight excluding hydrogens is 314 g/mol. The van der Waals surface area contributed by atoms with Crippen molar-refractivity contribution in [2.75, 3.05) is 0 Å². The number of rotatable bonds is 4. The Morgan fingerprint density at radius 2 is 1.92 bits per heavy atom. The second-order valence-electron chi connectivity index (χ2n) is 5.88. The molecule has 1 heterocycles. The molecule has 0 aliphatic rings. The molecule has 0 fully saturated rings. The topological polar surface area (TPSA) is 107 Å². The summed E-state index contributed by atoms with van der Waals surface area (Å²) in [6.07, 6.45) is 0.666. The maximum absolute atomic E-state index is 11.4. The van der Waals surface area contributed by atoms with Gasteiger partial charge in [0.05, 0.1) is 11.1 Å². The van der Waals surface area contributed by atoms with E-state index in [-0.39, 0.29) is 5.69 Å². The van der Waals surface area contributed by atoms with Crippen LogP contribution in [0, 0.1) is 10.1 Å². The Morgan fingerprint density at radius 1 is 1.25 bits per heavy atom. The predicted octanol–water partition coefficient (Wildman–Crippen LogP) is 3.71. The van der Waals surface area contributed by atoms with Gasteiger partial charge in [0.25, 0.3) is 5.69 Å². The van der Waals surface area contributed by atoms with Gasteiger partial charge < -0.3 is 9.15 Å². The summed E-state index contributed by atoms with van der Waals surface area (Å²) in [7, 11) is 0. The first-order valence-electron chi connectivity index (χ1n) is 7.11. The van der Waals surface area contributed by atoms with Crippen molar-refractivity contribution in [1.29, 1.82) is 0 Å². The van der Waals surface area contributed by atoms with E-state index in [9.17, 15) is 14.9 Å². The highest BCUT2D eigenvalue weighted by Crippen LogP contribution is 2.23. The van der Waals surface area contributed by atoms with Crippen molar-refractivity contribution in [3.05, 3.63) is 52.3 Å². The van der Waals surface area contributed by atoms with E-state index in [0.29, 0.717) is 17.1 Å². The lowest BCUT2D eigenvalue weighted by molar-refractivity contribution is -0.384. The third-order valence-corrected chi connectivity index (χ3v) is 2.74. The second-order valence-corrected chi connectivity index (χ2v) is 5.88. The Kier molecular flexibility index (Phi) is 4.98. The van der Waals surface area contributed by atoms with Crippen LogP contribution in [-0.4, -0.2) is 22.8 Å². The number of nitro benzene ring substituents is 1. The van der Waals surface area contributed by atoms with E-state index in [0.717, 1.165) is 0 Å². The van der Waals surface area contributed by atoms with Crippen LogP contribution in [0.4, 0.5) is 10.5 Å². The fraction of sp³-hybridized carbons (Fsp3) is 0.250. The second kappa shape index (κ2) is 6.95. The Morgan fingerprint density at radius 3 is 2.50 bits per heavy atom. The Bertz CT molecular complexity index is 757. The number of carbonyl (C=O) groups is 1. The maximum Gasteiger partial charge on any atom is 0.428 e. The molecule has 1 amide bonds. The molecule has 0 aliphatic carbocycles. The number of carbonyl (C=O) groups excluding carboxylic acids is 1. The van der Waals surface area contributed by atoms with Gasteiger partial charge in [-0.05, 0) is 45.0 Å². The fourth-order valence-electron chi connectivity index (χ4n) is 1.77. The number of amides is 1. The molecule has 0 saturated heterocycles. The number of hydrazone groups is 1. The monoisotopic (exact) mass is 331 g/mol. The van der Waals surface area contributed by atoms with Gasteiger partial charge in [-0.3, -0.25) is 10.1 Å². The molecule has 24 heavy (non-hydrogen) atoms. The number of nitrogens with zero attached hydrogens (tertiary/aromatic N) is 2. The summed E-state index contributed by atoms with van der Waals surface area (Å²) in [5, 5.41) is 14.4. The lowest BCUT2D eigenvalue weighted by Gasteiger charge is -2.18. The lowest BCUT2D eigenvalue weighted by Crippen LogP contribution is -2.29. The van der Waals surface area contributed by atoms with Crippen LogP contribution in [0.5, 0.6) is 0 Å². The normalized spacial score (nSPS) is 11.5. The molecule has 0 spiro atoms. The first kappa shape index (κ1) is 17.2. The van der Waals surface area contributed by atoms with Crippen LogP contribution in [-0.2, 0) is 4.74 Å². The predicted molar refractivity (Wildman–Crippen MR) is 87.8 cm³/mol. The van der Waals surface area contributed by atoms with E-state index >= 15 is 0 Å². The van der Waals surface area contributed by atoms with Gasteiger partial charge >= 0.3 is 6.09 Å². The summed E-state index contributed by atoms with van der Waals surface area (Å²) in [6.45, 7) is 5.25. The van der Waals surface area contributed by atoms with E-state index in [4.69, 9.17) is 9.15 Å². The number of nitrogens with one attached hydrogen (secondary N) is 1. The van der Waals surface area contributed by atoms with Crippen molar-refractivity contribution in [3.63, 3.8) is 0 Å². The molecule has 1 N–H and O–H groups in total. The summed E-state index contributed by atoms with van der Waals surface area (Å²) in [4.78, 5) is 21.6. The minimum Gasteiger partial charge on any atom is -0.455 e. The van der Waals surface area contributed by atoms with E-state index in [1.807, 2.05) is 0 Å². The van der Waals surface area contributed by atoms with Gasteiger partial charge in [-0.1, -0.05) is 0 Å². The number of benzene rings is 1. The van der Waals surface area contributed by atoms with Gasteiger partial charge in [0.2, 0.25) is 0 Å². The SMILES string of the molecule is CC(C)(C)OC(=O)N/N=C\c1ccc(-c2ccc([N+](=O)[O-])cc2)o1. The standard InChI is InChI=1S/C16H17N3O5/c1-16(2,3)24-15(20)18-17-10-13-8-9-14(23-13)11-4-6-12(7-5-11)19(21)22/h4-10H,1-3H3,(H,18,20)/b17-10-. The average molecular weight is 331 g/mol. The first-order valence-corrected chi connectivity index (χ1v) is 7.11. The van der Waals surface area contributed by atoms with E-state index in [1.165, 1.54) is 18.3 Å². The molecule has 0 saturated carbocycles. The van der Waals surface area contributed by atoms with Crippen LogP contribution in [0.3, 0.4) is 0 Å². The highest BCUT2D eigenvalue weighted by Gasteiger charge is 2.15. The summed E-state index contributed by atoms with van der Waals surface area (Å²) in [6, 6.07) is 9.35. The van der Waals surface area contributed by atoms with Crippen molar-refractivity contribution in [3.8, 4) is 11.3 Å². The van der Waals surface area contributed by atoms with Gasteiger partial charge in [-0.15, -0.1) is 0 Å². The molecule has 1 aromatic heterocycles. The number of furan rings is 1. The fourth-order valence-corrected chi connectivity index (χ4v) is 1.77. The molecule has 0 bridgehead atoms. The zero-order valence-corrected chi connectivity index (χ0v) is 13.5. The van der Waals surface area contributed by atoms with Crippen molar-refractivity contribution in [1.82, 2.24) is 5.43 Å². The first-order chi connectivity index (χ1) is 11.2. The zero-order chi connectivity index (χ0) is 17.7. The summed E-state index contributed by atoms with van der Waals surface area (Å²) in [5.41, 5.74) is 2.33. The largest absolute Gasteiger partial charge is 0.455 e. The summed E-state index contributed by atoms with van der Waals surface area (Å²) in [5.74, 6) is 0.947. The van der Waals surface area contributed by atoms with Gasteiger partial charge in [0.1, 0.15) is 17.1 Å². The quantitative estimate of drug-likeness (QED) is 0.522. The van der Waals surface area contributed by atoms with E-state index in [2.05, 4.69) is 10.5 Å². The average Bonchev–Trinajstić information content (AvgIpc) is 2.94. The number of hydrogen-bond donors (Lipinski definition) is 1.